The van der Waals surface area contributed by atoms with Crippen molar-refractivity contribution in [2.24, 2.45) is 0 Å². The molecular weight excluding hydrogens is 435 g/mol. The number of halogens is 1. The number of rotatable bonds is 6. The molecule has 1 aromatic heterocycles. The lowest BCUT2D eigenvalue weighted by molar-refractivity contribution is -0.135. The van der Waals surface area contributed by atoms with Crippen molar-refractivity contribution in [2.75, 3.05) is 0 Å². The van der Waals surface area contributed by atoms with Crippen molar-refractivity contribution in [2.45, 2.75) is 51.9 Å². The lowest BCUT2D eigenvalue weighted by Gasteiger charge is -2.31. The number of carbonyl (C=O) groups excluding carboxylic acids is 1. The summed E-state index contributed by atoms with van der Waals surface area (Å²) >= 11 is 0. The van der Waals surface area contributed by atoms with Crippen molar-refractivity contribution >= 4 is 5.91 Å². The standard InChI is InChI=1S/C26H27FN4O3/c1-16(2)33-21-10-6-19(7-11-21)25-28-23(17(3)34-25)15-30-12-13-31-24(26(30)32)14-22(29-31)18-4-8-20(27)9-5-18/h4-13,16,22,24,29H,14-15H2,1-3H3. The Kier molecular flexibility index (Phi) is 5.83. The predicted octanol–water partition coefficient (Wildman–Crippen LogP) is 4.71. The molecule has 2 aromatic carbocycles. The first-order chi connectivity index (χ1) is 16.4. The molecule has 5 rings (SSSR count). The van der Waals surface area contributed by atoms with Gasteiger partial charge in [-0.1, -0.05) is 12.1 Å². The molecule has 2 aliphatic heterocycles. The van der Waals surface area contributed by atoms with Crippen molar-refractivity contribution in [3.8, 4) is 17.2 Å². The molecule has 0 radical (unpaired) electrons. The molecule has 1 saturated heterocycles. The highest BCUT2D eigenvalue weighted by Crippen LogP contribution is 2.32. The fourth-order valence-corrected chi connectivity index (χ4v) is 4.29. The molecule has 2 unspecified atom stereocenters. The van der Waals surface area contributed by atoms with Gasteiger partial charge >= 0.3 is 0 Å². The molecule has 3 heterocycles. The molecule has 34 heavy (non-hydrogen) atoms. The molecule has 2 aliphatic rings. The Labute approximate surface area is 197 Å². The summed E-state index contributed by atoms with van der Waals surface area (Å²) in [4.78, 5) is 19.5. The highest BCUT2D eigenvalue weighted by molar-refractivity contribution is 5.84. The van der Waals surface area contributed by atoms with E-state index in [1.165, 1.54) is 12.1 Å². The van der Waals surface area contributed by atoms with Crippen LogP contribution >= 0.6 is 0 Å². The minimum Gasteiger partial charge on any atom is -0.491 e. The van der Waals surface area contributed by atoms with E-state index < -0.39 is 0 Å². The Balaban J connectivity index is 1.27. The van der Waals surface area contributed by atoms with Gasteiger partial charge in [-0.2, -0.15) is 0 Å². The summed E-state index contributed by atoms with van der Waals surface area (Å²) in [5.41, 5.74) is 5.84. The Morgan fingerprint density at radius 2 is 1.88 bits per heavy atom. The van der Waals surface area contributed by atoms with Gasteiger partial charge in [-0.05, 0) is 69.2 Å². The quantitative estimate of drug-likeness (QED) is 0.572. The molecule has 0 spiro atoms. The molecule has 1 amide bonds. The van der Waals surface area contributed by atoms with Crippen LogP contribution in [-0.2, 0) is 11.3 Å². The van der Waals surface area contributed by atoms with E-state index in [-0.39, 0.29) is 29.9 Å². The van der Waals surface area contributed by atoms with Gasteiger partial charge < -0.3 is 19.1 Å². The van der Waals surface area contributed by atoms with Gasteiger partial charge in [0, 0.05) is 18.0 Å². The summed E-state index contributed by atoms with van der Waals surface area (Å²) in [6, 6.07) is 13.6. The number of oxazole rings is 1. The van der Waals surface area contributed by atoms with Crippen LogP contribution in [0.5, 0.6) is 5.75 Å². The third kappa shape index (κ3) is 4.41. The van der Waals surface area contributed by atoms with Crippen LogP contribution in [0, 0.1) is 12.7 Å². The largest absolute Gasteiger partial charge is 0.491 e. The lowest BCUT2D eigenvalue weighted by atomic mass is 10.0. The van der Waals surface area contributed by atoms with E-state index >= 15 is 0 Å². The van der Waals surface area contributed by atoms with E-state index in [1.54, 1.807) is 23.2 Å². The number of hydrogen-bond donors (Lipinski definition) is 1. The number of amides is 1. The molecule has 3 aromatic rings. The predicted molar refractivity (Wildman–Crippen MR) is 125 cm³/mol. The van der Waals surface area contributed by atoms with Gasteiger partial charge in [0.15, 0.2) is 0 Å². The Morgan fingerprint density at radius 1 is 1.15 bits per heavy atom. The van der Waals surface area contributed by atoms with Gasteiger partial charge in [0.25, 0.3) is 5.91 Å². The third-order valence-electron chi connectivity index (χ3n) is 6.03. The molecule has 8 heteroatoms. The average molecular weight is 463 g/mol. The summed E-state index contributed by atoms with van der Waals surface area (Å²) in [5.74, 6) is 1.69. The molecule has 1 fully saturated rings. The van der Waals surface area contributed by atoms with Crippen LogP contribution in [0.1, 0.15) is 43.3 Å². The second kappa shape index (κ2) is 8.95. The molecule has 176 valence electrons. The monoisotopic (exact) mass is 462 g/mol. The molecule has 0 saturated carbocycles. The van der Waals surface area contributed by atoms with E-state index in [0.717, 1.165) is 16.9 Å². The maximum absolute atomic E-state index is 13.3. The van der Waals surface area contributed by atoms with Crippen LogP contribution in [0.25, 0.3) is 11.5 Å². The van der Waals surface area contributed by atoms with Crippen LogP contribution in [0.2, 0.25) is 0 Å². The number of carbonyl (C=O) groups is 1. The zero-order chi connectivity index (χ0) is 23.8. The fourth-order valence-electron chi connectivity index (χ4n) is 4.29. The summed E-state index contributed by atoms with van der Waals surface area (Å²) < 4.78 is 24.9. The zero-order valence-electron chi connectivity index (χ0n) is 19.4. The highest BCUT2D eigenvalue weighted by atomic mass is 19.1. The first kappa shape index (κ1) is 22.2. The van der Waals surface area contributed by atoms with Crippen LogP contribution in [0.4, 0.5) is 4.39 Å². The Bertz CT molecular complexity index is 1200. The van der Waals surface area contributed by atoms with Crippen molar-refractivity contribution in [1.82, 2.24) is 20.3 Å². The average Bonchev–Trinajstić information content (AvgIpc) is 3.41. The van der Waals surface area contributed by atoms with E-state index in [1.807, 2.05) is 56.2 Å². The second-order valence-electron chi connectivity index (χ2n) is 8.87. The highest BCUT2D eigenvalue weighted by Gasteiger charge is 2.40. The molecule has 0 bridgehead atoms. The maximum Gasteiger partial charge on any atom is 0.251 e. The van der Waals surface area contributed by atoms with Crippen molar-refractivity contribution in [3.63, 3.8) is 0 Å². The summed E-state index contributed by atoms with van der Waals surface area (Å²) in [6.45, 7) is 6.15. The van der Waals surface area contributed by atoms with Gasteiger partial charge in [-0.3, -0.25) is 4.79 Å². The van der Waals surface area contributed by atoms with Gasteiger partial charge in [-0.25, -0.2) is 14.8 Å². The SMILES string of the molecule is Cc1oc(-c2ccc(OC(C)C)cc2)nc1CN1C=CN2NC(c3ccc(F)cc3)CC2C1=O. The molecule has 1 N–H and O–H groups in total. The topological polar surface area (TPSA) is 70.8 Å². The number of hydrazine groups is 1. The summed E-state index contributed by atoms with van der Waals surface area (Å²) in [7, 11) is 0. The van der Waals surface area contributed by atoms with Crippen molar-refractivity contribution in [3.05, 3.63) is 83.8 Å². The zero-order valence-corrected chi connectivity index (χ0v) is 19.4. The number of aryl methyl sites for hydroxylation is 1. The number of ether oxygens (including phenoxy) is 1. The van der Waals surface area contributed by atoms with E-state index in [4.69, 9.17) is 9.15 Å². The number of aromatic nitrogens is 1. The number of nitrogens with one attached hydrogen (secondary N) is 1. The van der Waals surface area contributed by atoms with Crippen molar-refractivity contribution < 1.29 is 18.3 Å². The molecule has 0 aliphatic carbocycles. The van der Waals surface area contributed by atoms with Gasteiger partial charge in [0.1, 0.15) is 29.1 Å². The van der Waals surface area contributed by atoms with E-state index in [9.17, 15) is 9.18 Å². The normalized spacial score (nSPS) is 19.7. The maximum atomic E-state index is 13.3. The lowest BCUT2D eigenvalue weighted by Crippen LogP contribution is -2.47. The summed E-state index contributed by atoms with van der Waals surface area (Å²) in [5, 5.41) is 1.83. The van der Waals surface area contributed by atoms with Crippen LogP contribution in [-0.4, -0.2) is 32.9 Å². The first-order valence-electron chi connectivity index (χ1n) is 11.4. The molecule has 7 nitrogen and oxygen atoms in total. The fraction of sp³-hybridized carbons (Fsp3) is 0.308. The van der Waals surface area contributed by atoms with Crippen LogP contribution < -0.4 is 10.2 Å². The van der Waals surface area contributed by atoms with Gasteiger partial charge in [-0.15, -0.1) is 0 Å². The first-order valence-corrected chi connectivity index (χ1v) is 11.4. The minimum atomic E-state index is -0.333. The Morgan fingerprint density at radius 3 is 2.59 bits per heavy atom. The number of nitrogens with zero attached hydrogens (tertiary/aromatic N) is 3. The van der Waals surface area contributed by atoms with Gasteiger partial charge in [0.05, 0.1) is 18.7 Å². The smallest absolute Gasteiger partial charge is 0.251 e. The number of benzene rings is 2. The van der Waals surface area contributed by atoms with Gasteiger partial charge in [0.2, 0.25) is 5.89 Å². The molecular formula is C26H27FN4O3. The molecule has 2 atom stereocenters. The second-order valence-corrected chi connectivity index (χ2v) is 8.87. The number of hydrogen-bond acceptors (Lipinski definition) is 6. The van der Waals surface area contributed by atoms with E-state index in [2.05, 4.69) is 10.4 Å². The number of fused-ring (bicyclic) bond motifs is 1. The summed E-state index contributed by atoms with van der Waals surface area (Å²) in [6.07, 6.45) is 4.32. The van der Waals surface area contributed by atoms with Crippen LogP contribution in [0.15, 0.2) is 65.3 Å². The van der Waals surface area contributed by atoms with Crippen LogP contribution in [0.3, 0.4) is 0 Å². The van der Waals surface area contributed by atoms with Crippen molar-refractivity contribution in [1.29, 1.82) is 0 Å². The third-order valence-corrected chi connectivity index (χ3v) is 6.03. The van der Waals surface area contributed by atoms with E-state index in [0.29, 0.717) is 30.3 Å². The minimum absolute atomic E-state index is 0.0150. The Hall–Kier alpha value is -3.65.